The Kier molecular flexibility index (Phi) is 4.17. The second kappa shape index (κ2) is 5.93. The molecule has 1 aliphatic carbocycles. The average Bonchev–Trinajstić information content (AvgIpc) is 3.29. The van der Waals surface area contributed by atoms with Gasteiger partial charge in [-0.1, -0.05) is 15.9 Å². The number of aromatic nitrogens is 2. The zero-order valence-corrected chi connectivity index (χ0v) is 15.0. The molecule has 0 unspecified atom stereocenters. The molecule has 1 heterocycles. The first kappa shape index (κ1) is 14.8. The standard InChI is InChI=1S/C15H16Br2N4/c1-8-13(18-2)20-15(9-3-4-9)21-14(8)19-12-7-10(16)5-6-11(12)17/h5-7,9H,3-4H2,1-2H3,(H2,18,19,20,21). The molecule has 1 saturated carbocycles. The van der Waals surface area contributed by atoms with Gasteiger partial charge in [-0.05, 0) is 53.9 Å². The lowest BCUT2D eigenvalue weighted by atomic mass is 10.2. The zero-order chi connectivity index (χ0) is 15.0. The number of benzene rings is 1. The first-order valence-corrected chi connectivity index (χ1v) is 8.45. The van der Waals surface area contributed by atoms with Crippen molar-refractivity contribution < 1.29 is 0 Å². The van der Waals surface area contributed by atoms with Gasteiger partial charge in [-0.3, -0.25) is 0 Å². The van der Waals surface area contributed by atoms with Crippen LogP contribution in [0.4, 0.5) is 17.3 Å². The number of rotatable bonds is 4. The van der Waals surface area contributed by atoms with Crippen molar-refractivity contribution in [2.45, 2.75) is 25.7 Å². The molecule has 0 aliphatic heterocycles. The number of nitrogens with zero attached hydrogens (tertiary/aromatic N) is 2. The van der Waals surface area contributed by atoms with Crippen molar-refractivity contribution in [3.63, 3.8) is 0 Å². The molecule has 3 rings (SSSR count). The van der Waals surface area contributed by atoms with E-state index in [-0.39, 0.29) is 0 Å². The summed E-state index contributed by atoms with van der Waals surface area (Å²) in [7, 11) is 1.89. The maximum Gasteiger partial charge on any atom is 0.139 e. The quantitative estimate of drug-likeness (QED) is 0.745. The summed E-state index contributed by atoms with van der Waals surface area (Å²) in [6.07, 6.45) is 2.37. The van der Waals surface area contributed by atoms with E-state index in [2.05, 4.69) is 47.5 Å². The molecular formula is C15H16Br2N4. The minimum atomic E-state index is 0.518. The molecule has 1 aromatic heterocycles. The summed E-state index contributed by atoms with van der Waals surface area (Å²) in [5.74, 6) is 3.19. The van der Waals surface area contributed by atoms with Gasteiger partial charge in [0.2, 0.25) is 0 Å². The first-order chi connectivity index (χ1) is 10.1. The van der Waals surface area contributed by atoms with E-state index in [1.54, 1.807) is 0 Å². The van der Waals surface area contributed by atoms with Crippen LogP contribution in [0.2, 0.25) is 0 Å². The first-order valence-electron chi connectivity index (χ1n) is 6.87. The van der Waals surface area contributed by atoms with Crippen LogP contribution in [0.1, 0.15) is 30.1 Å². The number of nitrogens with one attached hydrogen (secondary N) is 2. The van der Waals surface area contributed by atoms with E-state index in [1.165, 1.54) is 12.8 Å². The minimum Gasteiger partial charge on any atom is -0.373 e. The summed E-state index contributed by atoms with van der Waals surface area (Å²) < 4.78 is 2.03. The third-order valence-corrected chi connectivity index (χ3v) is 4.71. The van der Waals surface area contributed by atoms with E-state index in [4.69, 9.17) is 4.98 Å². The zero-order valence-electron chi connectivity index (χ0n) is 11.9. The van der Waals surface area contributed by atoms with Crippen molar-refractivity contribution in [3.05, 3.63) is 38.5 Å². The maximum absolute atomic E-state index is 4.71. The fourth-order valence-electron chi connectivity index (χ4n) is 2.14. The molecule has 21 heavy (non-hydrogen) atoms. The largest absolute Gasteiger partial charge is 0.373 e. The lowest BCUT2D eigenvalue weighted by Gasteiger charge is -2.14. The highest BCUT2D eigenvalue weighted by molar-refractivity contribution is 9.11. The molecular weight excluding hydrogens is 396 g/mol. The Morgan fingerprint density at radius 1 is 1.14 bits per heavy atom. The highest BCUT2D eigenvalue weighted by Crippen LogP contribution is 2.40. The summed E-state index contributed by atoms with van der Waals surface area (Å²) >= 11 is 7.06. The van der Waals surface area contributed by atoms with Crippen LogP contribution in [-0.2, 0) is 0 Å². The van der Waals surface area contributed by atoms with Crippen molar-refractivity contribution in [2.24, 2.45) is 0 Å². The van der Waals surface area contributed by atoms with Gasteiger partial charge in [-0.2, -0.15) is 0 Å². The predicted molar refractivity (Wildman–Crippen MR) is 93.4 cm³/mol. The smallest absolute Gasteiger partial charge is 0.139 e. The average molecular weight is 412 g/mol. The lowest BCUT2D eigenvalue weighted by molar-refractivity contribution is 0.923. The molecule has 0 atom stereocenters. The van der Waals surface area contributed by atoms with Gasteiger partial charge >= 0.3 is 0 Å². The maximum atomic E-state index is 4.71. The number of halogens is 2. The number of hydrogen-bond donors (Lipinski definition) is 2. The van der Waals surface area contributed by atoms with Crippen LogP contribution in [0.25, 0.3) is 0 Å². The highest BCUT2D eigenvalue weighted by Gasteiger charge is 2.28. The van der Waals surface area contributed by atoms with Crippen LogP contribution in [0.3, 0.4) is 0 Å². The van der Waals surface area contributed by atoms with Crippen molar-refractivity contribution in [1.82, 2.24) is 9.97 Å². The number of anilines is 3. The summed E-state index contributed by atoms with van der Waals surface area (Å²) in [4.78, 5) is 9.32. The molecule has 110 valence electrons. The van der Waals surface area contributed by atoms with Crippen LogP contribution >= 0.6 is 31.9 Å². The fraction of sp³-hybridized carbons (Fsp3) is 0.333. The Hall–Kier alpha value is -1.14. The Bertz CT molecular complexity index is 684. The molecule has 0 saturated heterocycles. The monoisotopic (exact) mass is 410 g/mol. The van der Waals surface area contributed by atoms with Gasteiger partial charge in [0.15, 0.2) is 0 Å². The topological polar surface area (TPSA) is 49.8 Å². The van der Waals surface area contributed by atoms with Gasteiger partial charge < -0.3 is 10.6 Å². The second-order valence-corrected chi connectivity index (χ2v) is 6.95. The molecule has 2 aromatic rings. The van der Waals surface area contributed by atoms with Crippen LogP contribution in [0.5, 0.6) is 0 Å². The van der Waals surface area contributed by atoms with E-state index in [0.29, 0.717) is 5.92 Å². The minimum absolute atomic E-state index is 0.518. The van der Waals surface area contributed by atoms with Gasteiger partial charge in [0, 0.05) is 27.5 Å². The predicted octanol–water partition coefficient (Wildman–Crippen LogP) is 4.97. The van der Waals surface area contributed by atoms with Crippen LogP contribution in [-0.4, -0.2) is 17.0 Å². The van der Waals surface area contributed by atoms with Gasteiger partial charge in [-0.15, -0.1) is 0 Å². The third-order valence-electron chi connectivity index (χ3n) is 3.52. The van der Waals surface area contributed by atoms with Crippen molar-refractivity contribution in [1.29, 1.82) is 0 Å². The third kappa shape index (κ3) is 3.21. The molecule has 1 fully saturated rings. The van der Waals surface area contributed by atoms with E-state index in [1.807, 2.05) is 32.2 Å². The van der Waals surface area contributed by atoms with Crippen molar-refractivity contribution in [2.75, 3.05) is 17.7 Å². The molecule has 1 aliphatic rings. The van der Waals surface area contributed by atoms with E-state index in [9.17, 15) is 0 Å². The molecule has 0 bridgehead atoms. The Morgan fingerprint density at radius 2 is 1.86 bits per heavy atom. The Labute approximate surface area is 141 Å². The van der Waals surface area contributed by atoms with E-state index < -0.39 is 0 Å². The highest BCUT2D eigenvalue weighted by atomic mass is 79.9. The van der Waals surface area contributed by atoms with E-state index >= 15 is 0 Å². The van der Waals surface area contributed by atoms with Crippen LogP contribution in [0, 0.1) is 6.92 Å². The summed E-state index contributed by atoms with van der Waals surface area (Å²) in [5, 5.41) is 6.57. The van der Waals surface area contributed by atoms with Gasteiger partial charge in [0.05, 0.1) is 5.69 Å². The Morgan fingerprint density at radius 3 is 2.52 bits per heavy atom. The Balaban J connectivity index is 2.00. The van der Waals surface area contributed by atoms with Crippen LogP contribution in [0.15, 0.2) is 27.1 Å². The van der Waals surface area contributed by atoms with E-state index in [0.717, 1.165) is 37.7 Å². The number of hydrogen-bond acceptors (Lipinski definition) is 4. The SMILES string of the molecule is CNc1nc(C2CC2)nc(Nc2cc(Br)ccc2Br)c1C. The molecule has 2 N–H and O–H groups in total. The van der Waals surface area contributed by atoms with Gasteiger partial charge in [-0.25, -0.2) is 9.97 Å². The molecule has 6 heteroatoms. The molecule has 1 aromatic carbocycles. The molecule has 0 spiro atoms. The summed E-state index contributed by atoms with van der Waals surface area (Å²) in [6.45, 7) is 2.02. The second-order valence-electron chi connectivity index (χ2n) is 5.18. The molecule has 0 amide bonds. The van der Waals surface area contributed by atoms with Gasteiger partial charge in [0.25, 0.3) is 0 Å². The molecule has 0 radical (unpaired) electrons. The normalized spacial score (nSPS) is 14.1. The van der Waals surface area contributed by atoms with Crippen molar-refractivity contribution in [3.8, 4) is 0 Å². The van der Waals surface area contributed by atoms with Gasteiger partial charge in [0.1, 0.15) is 17.5 Å². The fourth-order valence-corrected chi connectivity index (χ4v) is 2.85. The summed E-state index contributed by atoms with van der Waals surface area (Å²) in [5.41, 5.74) is 2.00. The van der Waals surface area contributed by atoms with Crippen LogP contribution < -0.4 is 10.6 Å². The molecule has 4 nitrogen and oxygen atoms in total. The van der Waals surface area contributed by atoms with Crippen molar-refractivity contribution >= 4 is 49.2 Å². The summed E-state index contributed by atoms with van der Waals surface area (Å²) in [6, 6.07) is 6.03. The lowest BCUT2D eigenvalue weighted by Crippen LogP contribution is -2.07.